The fourth-order valence-corrected chi connectivity index (χ4v) is 3.61. The Labute approximate surface area is 167 Å². The molecule has 1 amide bonds. The van der Waals surface area contributed by atoms with E-state index in [2.05, 4.69) is 20.7 Å². The highest BCUT2D eigenvalue weighted by Gasteiger charge is 2.35. The third kappa shape index (κ3) is 4.48. The number of carbonyl (C=O) groups excluding carboxylic acids is 1. The predicted molar refractivity (Wildman–Crippen MR) is 104 cm³/mol. The number of benzene rings is 2. The van der Waals surface area contributed by atoms with Gasteiger partial charge in [-0.25, -0.2) is 4.39 Å². The summed E-state index contributed by atoms with van der Waals surface area (Å²) in [7, 11) is 0. The van der Waals surface area contributed by atoms with Gasteiger partial charge in [0, 0.05) is 30.7 Å². The van der Waals surface area contributed by atoms with Crippen molar-refractivity contribution in [2.75, 3.05) is 19.8 Å². The molecule has 1 aliphatic heterocycles. The van der Waals surface area contributed by atoms with Crippen molar-refractivity contribution in [3.63, 3.8) is 0 Å². The van der Waals surface area contributed by atoms with Crippen LogP contribution >= 0.6 is 0 Å². The molecule has 4 rings (SSSR count). The summed E-state index contributed by atoms with van der Waals surface area (Å²) >= 11 is 0. The lowest BCUT2D eigenvalue weighted by atomic mass is 9.74. The Morgan fingerprint density at radius 1 is 1.14 bits per heavy atom. The van der Waals surface area contributed by atoms with Crippen LogP contribution in [-0.4, -0.2) is 45.9 Å². The van der Waals surface area contributed by atoms with Crippen LogP contribution in [0.2, 0.25) is 0 Å². The van der Waals surface area contributed by atoms with Gasteiger partial charge < -0.3 is 10.1 Å². The van der Waals surface area contributed by atoms with E-state index < -0.39 is 0 Å². The molecule has 29 heavy (non-hydrogen) atoms. The van der Waals surface area contributed by atoms with E-state index in [1.165, 1.54) is 10.9 Å². The average Bonchev–Trinajstić information content (AvgIpc) is 3.22. The van der Waals surface area contributed by atoms with Crippen LogP contribution in [0.15, 0.2) is 54.6 Å². The smallest absolute Gasteiger partial charge is 0.243 e. The molecule has 1 aliphatic rings. The molecule has 0 aliphatic carbocycles. The number of halogens is 1. The van der Waals surface area contributed by atoms with E-state index in [4.69, 9.17) is 4.74 Å². The monoisotopic (exact) mass is 395 g/mol. The molecule has 3 aromatic rings. The molecule has 1 N–H and O–H groups in total. The van der Waals surface area contributed by atoms with Gasteiger partial charge in [-0.15, -0.1) is 10.2 Å². The molecule has 2 aromatic carbocycles. The van der Waals surface area contributed by atoms with Crippen LogP contribution in [0, 0.1) is 5.82 Å². The number of hydrogen-bond donors (Lipinski definition) is 1. The van der Waals surface area contributed by atoms with E-state index in [1.807, 2.05) is 36.4 Å². The van der Waals surface area contributed by atoms with Gasteiger partial charge in [-0.1, -0.05) is 42.5 Å². The predicted octanol–water partition coefficient (Wildman–Crippen LogP) is 2.34. The molecule has 150 valence electrons. The highest BCUT2D eigenvalue weighted by molar-refractivity contribution is 5.75. The zero-order valence-corrected chi connectivity index (χ0v) is 15.9. The van der Waals surface area contributed by atoms with Gasteiger partial charge in [0.1, 0.15) is 12.4 Å². The molecule has 8 heteroatoms. The van der Waals surface area contributed by atoms with Crippen LogP contribution in [-0.2, 0) is 21.5 Å². The van der Waals surface area contributed by atoms with E-state index >= 15 is 0 Å². The minimum atomic E-state index is -0.346. The Bertz CT molecular complexity index is 970. The molecule has 0 bridgehead atoms. The number of carbonyl (C=O) groups is 1. The Kier molecular flexibility index (Phi) is 5.62. The topological polar surface area (TPSA) is 81.9 Å². The summed E-state index contributed by atoms with van der Waals surface area (Å²) < 4.78 is 19.3. The van der Waals surface area contributed by atoms with Crippen molar-refractivity contribution in [3.8, 4) is 11.4 Å². The normalized spacial score (nSPS) is 15.8. The molecule has 1 saturated heterocycles. The van der Waals surface area contributed by atoms with Crippen LogP contribution in [0.25, 0.3) is 11.4 Å². The van der Waals surface area contributed by atoms with Crippen molar-refractivity contribution in [3.05, 3.63) is 66.0 Å². The quantitative estimate of drug-likeness (QED) is 0.693. The van der Waals surface area contributed by atoms with Crippen molar-refractivity contribution < 1.29 is 13.9 Å². The fraction of sp³-hybridized carbons (Fsp3) is 0.333. The number of aromatic nitrogens is 4. The average molecular weight is 395 g/mol. The number of hydrogen-bond acceptors (Lipinski definition) is 5. The van der Waals surface area contributed by atoms with E-state index in [-0.39, 0.29) is 23.7 Å². The van der Waals surface area contributed by atoms with Crippen LogP contribution in [0.5, 0.6) is 0 Å². The van der Waals surface area contributed by atoms with E-state index in [1.54, 1.807) is 12.1 Å². The molecule has 0 unspecified atom stereocenters. The summed E-state index contributed by atoms with van der Waals surface area (Å²) in [6.07, 6.45) is 1.44. The number of rotatable bonds is 6. The number of tetrazole rings is 1. The highest BCUT2D eigenvalue weighted by Crippen LogP contribution is 2.34. The minimum Gasteiger partial charge on any atom is -0.381 e. The molecule has 7 nitrogen and oxygen atoms in total. The van der Waals surface area contributed by atoms with E-state index in [9.17, 15) is 9.18 Å². The number of nitrogens with one attached hydrogen (secondary N) is 1. The first-order valence-electron chi connectivity index (χ1n) is 9.58. The Balaban J connectivity index is 1.42. The maximum Gasteiger partial charge on any atom is 0.243 e. The fourth-order valence-electron chi connectivity index (χ4n) is 3.61. The van der Waals surface area contributed by atoms with Gasteiger partial charge in [0.25, 0.3) is 0 Å². The van der Waals surface area contributed by atoms with Crippen LogP contribution in [0.4, 0.5) is 4.39 Å². The third-order valence-electron chi connectivity index (χ3n) is 5.28. The largest absolute Gasteiger partial charge is 0.381 e. The van der Waals surface area contributed by atoms with Gasteiger partial charge in [0.15, 0.2) is 0 Å². The Morgan fingerprint density at radius 3 is 2.69 bits per heavy atom. The lowest BCUT2D eigenvalue weighted by Gasteiger charge is -2.38. The first kappa shape index (κ1) is 19.2. The SMILES string of the molecule is O=C(Cn1nnc(-c2ccccc2)n1)NCC1(c2cccc(F)c2)CCOCC1. The van der Waals surface area contributed by atoms with Crippen molar-refractivity contribution in [1.82, 2.24) is 25.5 Å². The summed E-state index contributed by atoms with van der Waals surface area (Å²) in [6, 6.07) is 16.0. The van der Waals surface area contributed by atoms with Gasteiger partial charge in [0.2, 0.25) is 11.7 Å². The molecule has 0 spiro atoms. The molecule has 1 aromatic heterocycles. The lowest BCUT2D eigenvalue weighted by molar-refractivity contribution is -0.122. The molecular weight excluding hydrogens is 373 g/mol. The Morgan fingerprint density at radius 2 is 1.93 bits per heavy atom. The van der Waals surface area contributed by atoms with Crippen LogP contribution in [0.1, 0.15) is 18.4 Å². The summed E-state index contributed by atoms with van der Waals surface area (Å²) in [4.78, 5) is 13.8. The van der Waals surface area contributed by atoms with E-state index in [0.29, 0.717) is 25.6 Å². The summed E-state index contributed by atoms with van der Waals surface area (Å²) in [5.41, 5.74) is 1.37. The maximum atomic E-state index is 13.8. The standard InChI is InChI=1S/C21H22FN5O2/c22-18-8-4-7-17(13-18)21(9-11-29-12-10-21)15-23-19(28)14-27-25-20(24-26-27)16-5-2-1-3-6-16/h1-8,13H,9-12,14-15H2,(H,23,28). The summed E-state index contributed by atoms with van der Waals surface area (Å²) in [5, 5.41) is 15.2. The lowest BCUT2D eigenvalue weighted by Crippen LogP contribution is -2.45. The zero-order chi connectivity index (χ0) is 20.1. The van der Waals surface area contributed by atoms with Crippen molar-refractivity contribution in [1.29, 1.82) is 0 Å². The second-order valence-corrected chi connectivity index (χ2v) is 7.19. The van der Waals surface area contributed by atoms with E-state index in [0.717, 1.165) is 24.0 Å². The first-order chi connectivity index (χ1) is 14.1. The van der Waals surface area contributed by atoms with Gasteiger partial charge in [0.05, 0.1) is 0 Å². The molecule has 2 heterocycles. The summed E-state index contributed by atoms with van der Waals surface area (Å²) in [5.74, 6) is -0.0247. The minimum absolute atomic E-state index is 0.0322. The summed E-state index contributed by atoms with van der Waals surface area (Å²) in [6.45, 7) is 1.53. The molecule has 0 atom stereocenters. The van der Waals surface area contributed by atoms with Gasteiger partial charge in [-0.05, 0) is 35.8 Å². The maximum absolute atomic E-state index is 13.8. The molecule has 0 saturated carbocycles. The molecular formula is C21H22FN5O2. The van der Waals surface area contributed by atoms with Crippen LogP contribution in [0.3, 0.4) is 0 Å². The van der Waals surface area contributed by atoms with Gasteiger partial charge in [-0.2, -0.15) is 4.80 Å². The third-order valence-corrected chi connectivity index (χ3v) is 5.28. The molecule has 1 fully saturated rings. The van der Waals surface area contributed by atoms with Gasteiger partial charge in [-0.3, -0.25) is 4.79 Å². The highest BCUT2D eigenvalue weighted by atomic mass is 19.1. The molecule has 0 radical (unpaired) electrons. The van der Waals surface area contributed by atoms with Gasteiger partial charge >= 0.3 is 0 Å². The van der Waals surface area contributed by atoms with Crippen molar-refractivity contribution in [2.24, 2.45) is 0 Å². The Hall–Kier alpha value is -3.13. The van der Waals surface area contributed by atoms with Crippen molar-refractivity contribution in [2.45, 2.75) is 24.8 Å². The first-order valence-corrected chi connectivity index (χ1v) is 9.58. The zero-order valence-electron chi connectivity index (χ0n) is 15.9. The number of amides is 1. The van der Waals surface area contributed by atoms with Crippen molar-refractivity contribution >= 4 is 5.91 Å². The number of nitrogens with zero attached hydrogens (tertiary/aromatic N) is 4. The second-order valence-electron chi connectivity index (χ2n) is 7.19. The number of ether oxygens (including phenoxy) is 1. The van der Waals surface area contributed by atoms with Crippen LogP contribution < -0.4 is 5.32 Å². The second kappa shape index (κ2) is 8.48.